The van der Waals surface area contributed by atoms with Gasteiger partial charge in [0.25, 0.3) is 0 Å². The second-order valence-corrected chi connectivity index (χ2v) is 5.36. The molecule has 0 radical (unpaired) electrons. The zero-order valence-corrected chi connectivity index (χ0v) is 13.2. The van der Waals surface area contributed by atoms with Crippen molar-refractivity contribution >= 4 is 28.8 Å². The van der Waals surface area contributed by atoms with Crippen molar-refractivity contribution in [1.29, 1.82) is 0 Å². The molecule has 0 unspecified atom stereocenters. The predicted molar refractivity (Wildman–Crippen MR) is 97.3 cm³/mol. The highest BCUT2D eigenvalue weighted by Gasteiger charge is 2.03. The number of nitrogens with one attached hydrogen (secondary N) is 2. The molecule has 0 saturated carbocycles. The monoisotopic (exact) mass is 321 g/mol. The molecule has 0 saturated heterocycles. The number of hydrogen-bond acceptors (Lipinski definition) is 2. The third-order valence-corrected chi connectivity index (χ3v) is 3.47. The summed E-state index contributed by atoms with van der Waals surface area (Å²) in [6, 6.07) is 27.3. The molecule has 3 aromatic rings. The van der Waals surface area contributed by atoms with Crippen molar-refractivity contribution in [1.82, 2.24) is 5.43 Å². The molecule has 0 fully saturated rings. The van der Waals surface area contributed by atoms with Crippen LogP contribution in [0.25, 0.3) is 0 Å². The standard InChI is InChI=1S/C19H16ClN3/c20-16-11-13-17(14-12-16)21-19(15-7-3-1-4-8-15)23-22-18-9-5-2-6-10-18/h1-14,22H,(H,21,23). The molecule has 0 amide bonds. The van der Waals surface area contributed by atoms with E-state index in [1.165, 1.54) is 0 Å². The summed E-state index contributed by atoms with van der Waals surface area (Å²) >= 11 is 5.93. The van der Waals surface area contributed by atoms with Gasteiger partial charge >= 0.3 is 0 Å². The maximum absolute atomic E-state index is 5.93. The van der Waals surface area contributed by atoms with E-state index in [4.69, 9.17) is 11.6 Å². The summed E-state index contributed by atoms with van der Waals surface area (Å²) in [4.78, 5) is 4.67. The fourth-order valence-corrected chi connectivity index (χ4v) is 2.18. The van der Waals surface area contributed by atoms with E-state index >= 15 is 0 Å². The Bertz CT molecular complexity index is 769. The maximum Gasteiger partial charge on any atom is 0.152 e. The summed E-state index contributed by atoms with van der Waals surface area (Å²) in [6.07, 6.45) is 0. The van der Waals surface area contributed by atoms with Gasteiger partial charge in [0.1, 0.15) is 0 Å². The molecule has 114 valence electrons. The van der Waals surface area contributed by atoms with Gasteiger partial charge in [0.05, 0.1) is 11.4 Å². The van der Waals surface area contributed by atoms with Gasteiger partial charge in [-0.15, -0.1) is 0 Å². The molecule has 0 spiro atoms. The van der Waals surface area contributed by atoms with Crippen molar-refractivity contribution in [2.24, 2.45) is 4.99 Å². The molecule has 3 nitrogen and oxygen atoms in total. The fourth-order valence-electron chi connectivity index (χ4n) is 2.06. The van der Waals surface area contributed by atoms with Gasteiger partial charge in [0.15, 0.2) is 5.84 Å². The summed E-state index contributed by atoms with van der Waals surface area (Å²) in [5.41, 5.74) is 9.14. The Balaban J connectivity index is 1.86. The van der Waals surface area contributed by atoms with Crippen LogP contribution in [-0.4, -0.2) is 5.84 Å². The molecule has 0 aliphatic rings. The van der Waals surface area contributed by atoms with Crippen LogP contribution in [0.3, 0.4) is 0 Å². The van der Waals surface area contributed by atoms with E-state index in [1.54, 1.807) is 0 Å². The van der Waals surface area contributed by atoms with Crippen molar-refractivity contribution in [3.63, 3.8) is 0 Å². The fraction of sp³-hybridized carbons (Fsp3) is 0. The zero-order chi connectivity index (χ0) is 15.9. The summed E-state index contributed by atoms with van der Waals surface area (Å²) in [5.74, 6) is 0.733. The van der Waals surface area contributed by atoms with E-state index in [9.17, 15) is 0 Å². The summed E-state index contributed by atoms with van der Waals surface area (Å²) in [5, 5.41) is 0.695. The molecule has 4 heteroatoms. The zero-order valence-electron chi connectivity index (χ0n) is 12.4. The number of nitrogens with zero attached hydrogens (tertiary/aromatic N) is 1. The normalized spacial score (nSPS) is 11.1. The largest absolute Gasteiger partial charge is 0.300 e. The summed E-state index contributed by atoms with van der Waals surface area (Å²) in [7, 11) is 0. The van der Waals surface area contributed by atoms with Crippen molar-refractivity contribution < 1.29 is 0 Å². The SMILES string of the molecule is Clc1ccc(N=C(NNc2ccccc2)c2ccccc2)cc1. The van der Waals surface area contributed by atoms with E-state index < -0.39 is 0 Å². The average Bonchev–Trinajstić information content (AvgIpc) is 2.62. The quantitative estimate of drug-likeness (QED) is 0.401. The van der Waals surface area contributed by atoms with Crippen molar-refractivity contribution in [3.05, 3.63) is 95.5 Å². The first-order valence-corrected chi connectivity index (χ1v) is 7.66. The van der Waals surface area contributed by atoms with Gasteiger partial charge in [-0.05, 0) is 36.4 Å². The molecular weight excluding hydrogens is 306 g/mol. The number of hydrogen-bond donors (Lipinski definition) is 2. The number of rotatable bonds is 4. The number of amidine groups is 1. The third-order valence-electron chi connectivity index (χ3n) is 3.21. The highest BCUT2D eigenvalue weighted by Crippen LogP contribution is 2.17. The second kappa shape index (κ2) is 7.47. The van der Waals surface area contributed by atoms with Crippen LogP contribution in [0, 0.1) is 0 Å². The molecular formula is C19H16ClN3. The molecule has 3 aromatic carbocycles. The lowest BCUT2D eigenvalue weighted by Crippen LogP contribution is -2.30. The molecule has 0 aliphatic carbocycles. The van der Waals surface area contributed by atoms with Gasteiger partial charge in [-0.1, -0.05) is 60.1 Å². The summed E-state index contributed by atoms with van der Waals surface area (Å²) < 4.78 is 0. The highest BCUT2D eigenvalue weighted by atomic mass is 35.5. The number of anilines is 1. The lowest BCUT2D eigenvalue weighted by Gasteiger charge is -2.12. The van der Waals surface area contributed by atoms with Gasteiger partial charge in [0, 0.05) is 10.6 Å². The first-order chi connectivity index (χ1) is 11.3. The predicted octanol–water partition coefficient (Wildman–Crippen LogP) is 5.04. The molecule has 0 atom stereocenters. The van der Waals surface area contributed by atoms with Crippen LogP contribution in [0.2, 0.25) is 5.02 Å². The van der Waals surface area contributed by atoms with E-state index in [0.29, 0.717) is 5.02 Å². The van der Waals surface area contributed by atoms with E-state index in [2.05, 4.69) is 15.8 Å². The Morgan fingerprint density at radius 3 is 2.00 bits per heavy atom. The van der Waals surface area contributed by atoms with Gasteiger partial charge in [-0.2, -0.15) is 0 Å². The molecule has 23 heavy (non-hydrogen) atoms. The van der Waals surface area contributed by atoms with Crippen molar-refractivity contribution in [3.8, 4) is 0 Å². The Morgan fingerprint density at radius 2 is 1.35 bits per heavy atom. The lowest BCUT2D eigenvalue weighted by molar-refractivity contribution is 1.11. The van der Waals surface area contributed by atoms with E-state index in [0.717, 1.165) is 22.8 Å². The van der Waals surface area contributed by atoms with Crippen LogP contribution >= 0.6 is 11.6 Å². The Morgan fingerprint density at radius 1 is 0.739 bits per heavy atom. The topological polar surface area (TPSA) is 36.4 Å². The first-order valence-electron chi connectivity index (χ1n) is 7.28. The molecule has 0 aromatic heterocycles. The molecule has 0 bridgehead atoms. The maximum atomic E-state index is 5.93. The van der Waals surface area contributed by atoms with Crippen LogP contribution in [-0.2, 0) is 0 Å². The Kier molecular flexibility index (Phi) is 4.92. The molecule has 0 heterocycles. The number of hydrazine groups is 1. The highest BCUT2D eigenvalue weighted by molar-refractivity contribution is 6.30. The third kappa shape index (κ3) is 4.34. The van der Waals surface area contributed by atoms with Gasteiger partial charge in [-0.3, -0.25) is 10.9 Å². The van der Waals surface area contributed by atoms with Crippen LogP contribution in [0.5, 0.6) is 0 Å². The minimum absolute atomic E-state index is 0.695. The minimum Gasteiger partial charge on any atom is -0.300 e. The minimum atomic E-state index is 0.695. The molecule has 3 rings (SSSR count). The Labute approximate surface area is 140 Å². The number of halogens is 1. The van der Waals surface area contributed by atoms with Crippen molar-refractivity contribution in [2.75, 3.05) is 5.43 Å². The van der Waals surface area contributed by atoms with Crippen molar-refractivity contribution in [2.45, 2.75) is 0 Å². The van der Waals surface area contributed by atoms with Crippen LogP contribution in [0.4, 0.5) is 11.4 Å². The second-order valence-electron chi connectivity index (χ2n) is 4.92. The number of aliphatic imine (C=N–C) groups is 1. The molecule has 0 aliphatic heterocycles. The van der Waals surface area contributed by atoms with Gasteiger partial charge in [-0.25, -0.2) is 4.99 Å². The average molecular weight is 322 g/mol. The summed E-state index contributed by atoms with van der Waals surface area (Å²) in [6.45, 7) is 0. The van der Waals surface area contributed by atoms with Crippen LogP contribution in [0.15, 0.2) is 89.9 Å². The smallest absolute Gasteiger partial charge is 0.152 e. The molecule has 2 N–H and O–H groups in total. The van der Waals surface area contributed by atoms with Crippen LogP contribution in [0.1, 0.15) is 5.56 Å². The number of benzene rings is 3. The van der Waals surface area contributed by atoms with Gasteiger partial charge < -0.3 is 0 Å². The van der Waals surface area contributed by atoms with Crippen LogP contribution < -0.4 is 10.9 Å². The lowest BCUT2D eigenvalue weighted by atomic mass is 10.2. The van der Waals surface area contributed by atoms with E-state index in [-0.39, 0.29) is 0 Å². The first kappa shape index (κ1) is 15.1. The Hall–Kier alpha value is -2.78. The van der Waals surface area contributed by atoms with E-state index in [1.807, 2.05) is 84.9 Å². The number of para-hydroxylation sites is 1. The van der Waals surface area contributed by atoms with Gasteiger partial charge in [0.2, 0.25) is 0 Å².